The van der Waals surface area contributed by atoms with Crippen molar-refractivity contribution in [2.75, 3.05) is 6.54 Å². The third kappa shape index (κ3) is 3.13. The maximum atomic E-state index is 12.4. The molecule has 2 N–H and O–H groups in total. The summed E-state index contributed by atoms with van der Waals surface area (Å²) in [6.07, 6.45) is 3.59. The smallest absolute Gasteiger partial charge is 0.271 e. The molecule has 0 saturated heterocycles. The summed E-state index contributed by atoms with van der Waals surface area (Å²) in [5.74, 6) is -0.417. The molecule has 0 aliphatic rings. The molecule has 0 atom stereocenters. The Morgan fingerprint density at radius 3 is 3.00 bits per heavy atom. The lowest BCUT2D eigenvalue weighted by Gasteiger charge is -2.06. The second-order valence-electron chi connectivity index (χ2n) is 6.41. The molecule has 0 radical (unpaired) electrons. The topological polar surface area (TPSA) is 79.3 Å². The molecule has 0 fully saturated rings. The number of thiazole rings is 1. The second kappa shape index (κ2) is 6.83. The van der Waals surface area contributed by atoms with Crippen LogP contribution in [-0.4, -0.2) is 26.8 Å². The lowest BCUT2D eigenvalue weighted by molar-refractivity contribution is 0.0952. The van der Waals surface area contributed by atoms with Crippen molar-refractivity contribution in [3.05, 3.63) is 67.7 Å². The number of H-pyrrole nitrogens is 1. The van der Waals surface area contributed by atoms with Gasteiger partial charge in [-0.3, -0.25) is 14.0 Å². The molecule has 6 nitrogen and oxygen atoms in total. The van der Waals surface area contributed by atoms with Crippen LogP contribution in [0.2, 0.25) is 5.02 Å². The summed E-state index contributed by atoms with van der Waals surface area (Å²) in [7, 11) is 0. The third-order valence-electron chi connectivity index (χ3n) is 4.64. The van der Waals surface area contributed by atoms with Crippen LogP contribution in [0, 0.1) is 13.8 Å². The number of amides is 1. The van der Waals surface area contributed by atoms with Crippen molar-refractivity contribution < 1.29 is 4.79 Å². The van der Waals surface area contributed by atoms with E-state index in [2.05, 4.69) is 15.3 Å². The number of fused-ring (bicyclic) bond motifs is 2. The molecule has 0 aliphatic heterocycles. The van der Waals surface area contributed by atoms with Gasteiger partial charge in [0.15, 0.2) is 4.96 Å². The number of hydrogen-bond donors (Lipinski definition) is 2. The van der Waals surface area contributed by atoms with Crippen LogP contribution in [0.3, 0.4) is 0 Å². The van der Waals surface area contributed by atoms with E-state index in [9.17, 15) is 9.59 Å². The van der Waals surface area contributed by atoms with Crippen LogP contribution in [0.5, 0.6) is 0 Å². The van der Waals surface area contributed by atoms with Gasteiger partial charge in [-0.25, -0.2) is 4.98 Å². The lowest BCUT2D eigenvalue weighted by atomic mass is 10.1. The van der Waals surface area contributed by atoms with Crippen LogP contribution in [0.4, 0.5) is 0 Å². The predicted octanol–water partition coefficient (Wildman–Crippen LogP) is 3.48. The Morgan fingerprint density at radius 1 is 1.37 bits per heavy atom. The first-order valence-corrected chi connectivity index (χ1v) is 9.72. The quantitative estimate of drug-likeness (QED) is 0.550. The van der Waals surface area contributed by atoms with E-state index in [0.29, 0.717) is 22.9 Å². The SMILES string of the molecule is Cc1[nH]c2c(C)cc(Cl)cc2c1CCNC(=O)c1cnc2sccn2c1=O. The van der Waals surface area contributed by atoms with Gasteiger partial charge in [0, 0.05) is 45.9 Å². The largest absolute Gasteiger partial charge is 0.358 e. The van der Waals surface area contributed by atoms with Crippen molar-refractivity contribution in [1.82, 2.24) is 19.7 Å². The Bertz CT molecular complexity index is 1240. The van der Waals surface area contributed by atoms with Gasteiger partial charge in [0.25, 0.3) is 11.5 Å². The number of hydrogen-bond acceptors (Lipinski definition) is 4. The number of aromatic nitrogens is 3. The van der Waals surface area contributed by atoms with Crippen LogP contribution >= 0.6 is 22.9 Å². The molecule has 8 heteroatoms. The molecule has 0 saturated carbocycles. The van der Waals surface area contributed by atoms with Gasteiger partial charge in [-0.15, -0.1) is 11.3 Å². The standard InChI is InChI=1S/C19H17ClN4O2S/c1-10-7-12(20)8-14-13(11(2)23-16(10)14)3-4-21-17(25)15-9-22-19-24(18(15)26)5-6-27-19/h5-9,23H,3-4H2,1-2H3,(H,21,25). The minimum Gasteiger partial charge on any atom is -0.358 e. The molecule has 4 aromatic rings. The van der Waals surface area contributed by atoms with Crippen LogP contribution < -0.4 is 10.9 Å². The normalized spacial score (nSPS) is 11.4. The fourth-order valence-electron chi connectivity index (χ4n) is 3.31. The third-order valence-corrected chi connectivity index (χ3v) is 5.63. The summed E-state index contributed by atoms with van der Waals surface area (Å²) < 4.78 is 1.38. The molecule has 1 aromatic carbocycles. The molecule has 0 unspecified atom stereocenters. The van der Waals surface area contributed by atoms with Gasteiger partial charge in [-0.05, 0) is 43.5 Å². The number of carbonyl (C=O) groups is 1. The van der Waals surface area contributed by atoms with E-state index in [-0.39, 0.29) is 11.1 Å². The first kappa shape index (κ1) is 17.8. The average molecular weight is 401 g/mol. The molecule has 1 amide bonds. The highest BCUT2D eigenvalue weighted by atomic mass is 35.5. The Hall–Kier alpha value is -2.64. The molecule has 27 heavy (non-hydrogen) atoms. The van der Waals surface area contributed by atoms with Gasteiger partial charge in [-0.1, -0.05) is 11.6 Å². The Morgan fingerprint density at radius 2 is 2.19 bits per heavy atom. The molecule has 3 aromatic heterocycles. The van der Waals surface area contributed by atoms with Crippen molar-refractivity contribution in [3.63, 3.8) is 0 Å². The molecule has 0 aliphatic carbocycles. The van der Waals surface area contributed by atoms with Crippen molar-refractivity contribution in [3.8, 4) is 0 Å². The number of nitrogens with zero attached hydrogens (tertiary/aromatic N) is 2. The van der Waals surface area contributed by atoms with Gasteiger partial charge < -0.3 is 10.3 Å². The Balaban J connectivity index is 1.53. The lowest BCUT2D eigenvalue weighted by Crippen LogP contribution is -2.32. The second-order valence-corrected chi connectivity index (χ2v) is 7.72. The summed E-state index contributed by atoms with van der Waals surface area (Å²) >= 11 is 7.55. The van der Waals surface area contributed by atoms with Gasteiger partial charge >= 0.3 is 0 Å². The maximum Gasteiger partial charge on any atom is 0.271 e. The molecule has 138 valence electrons. The van der Waals surface area contributed by atoms with Gasteiger partial charge in [0.2, 0.25) is 0 Å². The van der Waals surface area contributed by atoms with Gasteiger partial charge in [-0.2, -0.15) is 0 Å². The number of nitrogens with one attached hydrogen (secondary N) is 2. The van der Waals surface area contributed by atoms with Crippen molar-refractivity contribution in [2.24, 2.45) is 0 Å². The van der Waals surface area contributed by atoms with Crippen molar-refractivity contribution in [2.45, 2.75) is 20.3 Å². The molecule has 4 rings (SSSR count). The minimum absolute atomic E-state index is 0.0421. The highest BCUT2D eigenvalue weighted by Crippen LogP contribution is 2.28. The van der Waals surface area contributed by atoms with Crippen LogP contribution in [0.25, 0.3) is 15.9 Å². The van der Waals surface area contributed by atoms with Crippen molar-refractivity contribution in [1.29, 1.82) is 0 Å². The van der Waals surface area contributed by atoms with E-state index < -0.39 is 5.91 Å². The van der Waals surface area contributed by atoms with Crippen LogP contribution in [-0.2, 0) is 6.42 Å². The van der Waals surface area contributed by atoms with E-state index in [1.165, 1.54) is 21.9 Å². The van der Waals surface area contributed by atoms with E-state index in [4.69, 9.17) is 11.6 Å². The fraction of sp³-hybridized carbons (Fsp3) is 0.211. The minimum atomic E-state index is -0.417. The van der Waals surface area contributed by atoms with E-state index in [1.807, 2.05) is 26.0 Å². The number of halogens is 1. The number of aromatic amines is 1. The molecule has 3 heterocycles. The monoisotopic (exact) mass is 400 g/mol. The summed E-state index contributed by atoms with van der Waals surface area (Å²) in [5.41, 5.74) is 3.98. The zero-order valence-electron chi connectivity index (χ0n) is 14.8. The molecular weight excluding hydrogens is 384 g/mol. The maximum absolute atomic E-state index is 12.4. The van der Waals surface area contributed by atoms with E-state index in [1.54, 1.807) is 11.6 Å². The number of benzene rings is 1. The predicted molar refractivity (Wildman–Crippen MR) is 108 cm³/mol. The van der Waals surface area contributed by atoms with Gasteiger partial charge in [0.05, 0.1) is 0 Å². The molecule has 0 bridgehead atoms. The Labute approximate surface area is 163 Å². The van der Waals surface area contributed by atoms with E-state index in [0.717, 1.165) is 27.7 Å². The summed E-state index contributed by atoms with van der Waals surface area (Å²) in [5, 5.41) is 6.33. The van der Waals surface area contributed by atoms with Crippen LogP contribution in [0.1, 0.15) is 27.2 Å². The average Bonchev–Trinajstić information content (AvgIpc) is 3.21. The van der Waals surface area contributed by atoms with Crippen molar-refractivity contribution >= 4 is 44.7 Å². The van der Waals surface area contributed by atoms with Gasteiger partial charge in [0.1, 0.15) is 5.56 Å². The zero-order chi connectivity index (χ0) is 19.1. The summed E-state index contributed by atoms with van der Waals surface area (Å²) in [6.45, 7) is 4.42. The zero-order valence-corrected chi connectivity index (χ0v) is 16.4. The Kier molecular flexibility index (Phi) is 4.49. The summed E-state index contributed by atoms with van der Waals surface area (Å²) in [6, 6.07) is 3.86. The number of carbonyl (C=O) groups excluding carboxylic acids is 1. The number of rotatable bonds is 4. The first-order valence-electron chi connectivity index (χ1n) is 8.46. The van der Waals surface area contributed by atoms with Crippen LogP contribution in [0.15, 0.2) is 34.7 Å². The summed E-state index contributed by atoms with van der Waals surface area (Å²) in [4.78, 5) is 32.9. The highest BCUT2D eigenvalue weighted by Gasteiger charge is 2.15. The number of aryl methyl sites for hydroxylation is 2. The first-order chi connectivity index (χ1) is 13.0. The fourth-order valence-corrected chi connectivity index (χ4v) is 4.26. The highest BCUT2D eigenvalue weighted by molar-refractivity contribution is 7.15. The molecule has 0 spiro atoms. The van der Waals surface area contributed by atoms with E-state index >= 15 is 0 Å². The molecular formula is C19H17ClN4O2S.